The van der Waals surface area contributed by atoms with Crippen molar-refractivity contribution in [2.24, 2.45) is 5.73 Å². The van der Waals surface area contributed by atoms with E-state index >= 15 is 0 Å². The summed E-state index contributed by atoms with van der Waals surface area (Å²) in [4.78, 5) is 0. The zero-order valence-corrected chi connectivity index (χ0v) is 12.3. The molecule has 0 aliphatic heterocycles. The van der Waals surface area contributed by atoms with E-state index in [2.05, 4.69) is 57.0 Å². The monoisotopic (exact) mass is 250 g/mol. The molecule has 0 spiro atoms. The van der Waals surface area contributed by atoms with E-state index in [-0.39, 0.29) is 6.04 Å². The van der Waals surface area contributed by atoms with E-state index in [1.807, 2.05) is 0 Å². The minimum Gasteiger partial charge on any atom is -0.401 e. The number of nitrogens with one attached hydrogen (secondary N) is 1. The van der Waals surface area contributed by atoms with Crippen molar-refractivity contribution < 1.29 is 0 Å². The van der Waals surface area contributed by atoms with Crippen molar-refractivity contribution in [2.75, 3.05) is 0 Å². The fourth-order valence-electron chi connectivity index (χ4n) is 1.66. The standard InChI is InChI=1S/C16H30N2/c1-5-7-8-9-10-11-12-13-16(15(4)17)18-14(3)6-2/h7-8,10-11,14,16,18H,4-6,9,12-13,17H2,1-3H3/b8-7-,11-10-. The third-order valence-electron chi connectivity index (χ3n) is 3.01. The molecule has 18 heavy (non-hydrogen) atoms. The van der Waals surface area contributed by atoms with Gasteiger partial charge in [0, 0.05) is 17.8 Å². The molecule has 2 atom stereocenters. The summed E-state index contributed by atoms with van der Waals surface area (Å²) in [6.45, 7) is 10.4. The molecular formula is C16H30N2. The molecule has 0 saturated carbocycles. The van der Waals surface area contributed by atoms with Crippen molar-refractivity contribution in [2.45, 2.75) is 65.0 Å². The van der Waals surface area contributed by atoms with Gasteiger partial charge in [0.25, 0.3) is 0 Å². The number of hydrogen-bond acceptors (Lipinski definition) is 2. The summed E-state index contributed by atoms with van der Waals surface area (Å²) in [7, 11) is 0. The maximum Gasteiger partial charge on any atom is 0.0466 e. The first kappa shape index (κ1) is 17.0. The minimum atomic E-state index is 0.232. The molecule has 0 aliphatic carbocycles. The predicted molar refractivity (Wildman–Crippen MR) is 82.4 cm³/mol. The molecule has 3 N–H and O–H groups in total. The van der Waals surface area contributed by atoms with Gasteiger partial charge in [-0.1, -0.05) is 44.7 Å². The molecular weight excluding hydrogens is 220 g/mol. The number of hydrogen-bond donors (Lipinski definition) is 2. The Labute approximate surface area is 113 Å². The van der Waals surface area contributed by atoms with E-state index in [0.29, 0.717) is 6.04 Å². The van der Waals surface area contributed by atoms with E-state index in [9.17, 15) is 0 Å². The first-order valence-electron chi connectivity index (χ1n) is 7.12. The third-order valence-corrected chi connectivity index (χ3v) is 3.01. The SMILES string of the molecule is C=C(N)C(CC/C=C\C/C=C\CC)NC(C)CC. The Balaban J connectivity index is 3.90. The smallest absolute Gasteiger partial charge is 0.0466 e. The van der Waals surface area contributed by atoms with Gasteiger partial charge in [-0.15, -0.1) is 0 Å². The molecule has 0 radical (unpaired) electrons. The van der Waals surface area contributed by atoms with Crippen LogP contribution in [-0.2, 0) is 0 Å². The lowest BCUT2D eigenvalue weighted by Gasteiger charge is -2.22. The Morgan fingerprint density at radius 2 is 1.89 bits per heavy atom. The van der Waals surface area contributed by atoms with Gasteiger partial charge in [-0.2, -0.15) is 0 Å². The molecule has 0 amide bonds. The van der Waals surface area contributed by atoms with Crippen LogP contribution in [0.5, 0.6) is 0 Å². The van der Waals surface area contributed by atoms with Crippen LogP contribution in [0.3, 0.4) is 0 Å². The molecule has 0 aromatic heterocycles. The van der Waals surface area contributed by atoms with Gasteiger partial charge < -0.3 is 11.1 Å². The fraction of sp³-hybridized carbons (Fsp3) is 0.625. The molecule has 0 saturated heterocycles. The second-order valence-corrected chi connectivity index (χ2v) is 4.77. The molecule has 0 heterocycles. The normalized spacial score (nSPS) is 15.3. The quantitative estimate of drug-likeness (QED) is 0.577. The van der Waals surface area contributed by atoms with Crippen LogP contribution in [0.25, 0.3) is 0 Å². The fourth-order valence-corrected chi connectivity index (χ4v) is 1.66. The first-order valence-corrected chi connectivity index (χ1v) is 7.12. The summed E-state index contributed by atoms with van der Waals surface area (Å²) in [6.07, 6.45) is 14.2. The second-order valence-electron chi connectivity index (χ2n) is 4.77. The topological polar surface area (TPSA) is 38.0 Å². The van der Waals surface area contributed by atoms with Crippen LogP contribution in [0.4, 0.5) is 0 Å². The third kappa shape index (κ3) is 9.06. The van der Waals surface area contributed by atoms with Crippen LogP contribution in [0.15, 0.2) is 36.6 Å². The first-order chi connectivity index (χ1) is 8.61. The minimum absolute atomic E-state index is 0.232. The highest BCUT2D eigenvalue weighted by Crippen LogP contribution is 2.06. The Morgan fingerprint density at radius 1 is 1.22 bits per heavy atom. The maximum absolute atomic E-state index is 5.83. The van der Waals surface area contributed by atoms with Crippen molar-refractivity contribution in [3.63, 3.8) is 0 Å². The van der Waals surface area contributed by atoms with Crippen molar-refractivity contribution in [3.05, 3.63) is 36.6 Å². The Bertz CT molecular complexity index is 266. The molecule has 2 nitrogen and oxygen atoms in total. The highest BCUT2D eigenvalue weighted by Gasteiger charge is 2.11. The van der Waals surface area contributed by atoms with Crippen LogP contribution in [-0.4, -0.2) is 12.1 Å². The average Bonchev–Trinajstić information content (AvgIpc) is 2.35. The predicted octanol–water partition coefficient (Wildman–Crippen LogP) is 3.91. The van der Waals surface area contributed by atoms with E-state index < -0.39 is 0 Å². The Morgan fingerprint density at radius 3 is 2.44 bits per heavy atom. The molecule has 0 aromatic rings. The number of nitrogens with two attached hydrogens (primary N) is 1. The zero-order chi connectivity index (χ0) is 13.8. The van der Waals surface area contributed by atoms with Gasteiger partial charge >= 0.3 is 0 Å². The van der Waals surface area contributed by atoms with E-state index in [1.54, 1.807) is 0 Å². The van der Waals surface area contributed by atoms with Gasteiger partial charge in [-0.25, -0.2) is 0 Å². The van der Waals surface area contributed by atoms with Crippen molar-refractivity contribution >= 4 is 0 Å². The maximum atomic E-state index is 5.83. The highest BCUT2D eigenvalue weighted by atomic mass is 15.0. The van der Waals surface area contributed by atoms with Crippen LogP contribution in [0, 0.1) is 0 Å². The van der Waals surface area contributed by atoms with E-state index in [0.717, 1.165) is 37.8 Å². The average molecular weight is 250 g/mol. The van der Waals surface area contributed by atoms with Gasteiger partial charge in [0.15, 0.2) is 0 Å². The molecule has 0 bridgehead atoms. The summed E-state index contributed by atoms with van der Waals surface area (Å²) >= 11 is 0. The van der Waals surface area contributed by atoms with Crippen LogP contribution < -0.4 is 11.1 Å². The summed E-state index contributed by atoms with van der Waals surface area (Å²) in [5.41, 5.74) is 6.57. The van der Waals surface area contributed by atoms with Gasteiger partial charge in [0.1, 0.15) is 0 Å². The Hall–Kier alpha value is -1.02. The molecule has 0 aromatic carbocycles. The molecule has 2 heteroatoms. The summed E-state index contributed by atoms with van der Waals surface area (Å²) < 4.78 is 0. The van der Waals surface area contributed by atoms with Gasteiger partial charge in [-0.3, -0.25) is 0 Å². The van der Waals surface area contributed by atoms with E-state index in [4.69, 9.17) is 5.73 Å². The van der Waals surface area contributed by atoms with Crippen molar-refractivity contribution in [1.82, 2.24) is 5.32 Å². The second kappa shape index (κ2) is 11.1. The zero-order valence-electron chi connectivity index (χ0n) is 12.3. The lowest BCUT2D eigenvalue weighted by Crippen LogP contribution is -2.39. The van der Waals surface area contributed by atoms with Crippen molar-refractivity contribution in [1.29, 1.82) is 0 Å². The lowest BCUT2D eigenvalue weighted by atomic mass is 10.1. The van der Waals surface area contributed by atoms with Crippen molar-refractivity contribution in [3.8, 4) is 0 Å². The van der Waals surface area contributed by atoms with Gasteiger partial charge in [0.2, 0.25) is 0 Å². The highest BCUT2D eigenvalue weighted by molar-refractivity contribution is 5.02. The molecule has 104 valence electrons. The largest absolute Gasteiger partial charge is 0.401 e. The summed E-state index contributed by atoms with van der Waals surface area (Å²) in [6, 6.07) is 0.725. The van der Waals surface area contributed by atoms with Gasteiger partial charge in [0.05, 0.1) is 0 Å². The summed E-state index contributed by atoms with van der Waals surface area (Å²) in [5.74, 6) is 0. The van der Waals surface area contributed by atoms with Gasteiger partial charge in [-0.05, 0) is 39.0 Å². The molecule has 0 fully saturated rings. The van der Waals surface area contributed by atoms with Crippen LogP contribution >= 0.6 is 0 Å². The number of rotatable bonds is 10. The van der Waals surface area contributed by atoms with E-state index in [1.165, 1.54) is 0 Å². The summed E-state index contributed by atoms with van der Waals surface area (Å²) in [5, 5.41) is 3.50. The number of allylic oxidation sites excluding steroid dienone is 4. The lowest BCUT2D eigenvalue weighted by molar-refractivity contribution is 0.452. The molecule has 0 aliphatic rings. The van der Waals surface area contributed by atoms with Crippen LogP contribution in [0.1, 0.15) is 52.9 Å². The Kier molecular flexibility index (Phi) is 10.5. The molecule has 0 rings (SSSR count). The van der Waals surface area contributed by atoms with Crippen LogP contribution in [0.2, 0.25) is 0 Å². The molecule has 2 unspecified atom stereocenters.